The third kappa shape index (κ3) is 6.44. The van der Waals surface area contributed by atoms with Gasteiger partial charge in [0.15, 0.2) is 17.6 Å². The first kappa shape index (κ1) is 19.9. The van der Waals surface area contributed by atoms with Crippen LogP contribution in [0.25, 0.3) is 0 Å². The SMILES string of the molecule is CC(CCCOCC1COc2cscc2O1)S(=O)(=O)O.[K]. The minimum absolute atomic E-state index is 0. The van der Waals surface area contributed by atoms with Gasteiger partial charge in [-0.3, -0.25) is 4.55 Å². The van der Waals surface area contributed by atoms with Gasteiger partial charge in [-0.25, -0.2) is 0 Å². The van der Waals surface area contributed by atoms with Crippen LogP contribution in [0.5, 0.6) is 11.5 Å². The molecule has 1 aromatic heterocycles. The number of hydrogen-bond acceptors (Lipinski definition) is 6. The van der Waals surface area contributed by atoms with Crippen LogP contribution in [0.1, 0.15) is 19.8 Å². The van der Waals surface area contributed by atoms with E-state index in [1.165, 1.54) is 18.3 Å². The van der Waals surface area contributed by atoms with Crippen molar-refractivity contribution in [2.24, 2.45) is 0 Å². The molecule has 21 heavy (non-hydrogen) atoms. The number of ether oxygens (including phenoxy) is 3. The van der Waals surface area contributed by atoms with Gasteiger partial charge in [0, 0.05) is 68.8 Å². The molecule has 9 heteroatoms. The fourth-order valence-electron chi connectivity index (χ4n) is 1.78. The first-order valence-corrected chi connectivity index (χ1v) is 8.81. The van der Waals surface area contributed by atoms with Crippen molar-refractivity contribution < 1.29 is 27.2 Å². The molecule has 0 aromatic carbocycles. The Hall–Kier alpha value is 0.806. The van der Waals surface area contributed by atoms with Crippen LogP contribution in [-0.2, 0) is 14.9 Å². The maximum Gasteiger partial charge on any atom is 0.267 e. The smallest absolute Gasteiger partial charge is 0.267 e. The largest absolute Gasteiger partial charge is 0.485 e. The molecule has 0 saturated heterocycles. The van der Waals surface area contributed by atoms with E-state index in [4.69, 9.17) is 18.8 Å². The predicted octanol–water partition coefficient (Wildman–Crippen LogP) is 1.58. The monoisotopic (exact) mass is 361 g/mol. The normalized spacial score (nSPS) is 18.9. The van der Waals surface area contributed by atoms with Crippen molar-refractivity contribution in [2.45, 2.75) is 31.1 Å². The van der Waals surface area contributed by atoms with Crippen molar-refractivity contribution in [1.82, 2.24) is 0 Å². The molecule has 1 N–H and O–H groups in total. The fourth-order valence-corrected chi connectivity index (χ4v) is 2.92. The Morgan fingerprint density at radius 1 is 1.48 bits per heavy atom. The third-order valence-corrected chi connectivity index (χ3v) is 4.98. The van der Waals surface area contributed by atoms with Crippen LogP contribution in [0.3, 0.4) is 0 Å². The molecule has 1 aliphatic rings. The van der Waals surface area contributed by atoms with E-state index in [1.807, 2.05) is 10.8 Å². The van der Waals surface area contributed by atoms with Crippen LogP contribution >= 0.6 is 11.3 Å². The number of thiophene rings is 1. The second-order valence-electron chi connectivity index (χ2n) is 4.69. The molecule has 1 aromatic rings. The van der Waals surface area contributed by atoms with E-state index in [2.05, 4.69) is 0 Å². The Morgan fingerprint density at radius 3 is 2.90 bits per heavy atom. The predicted molar refractivity (Wildman–Crippen MR) is 81.0 cm³/mol. The van der Waals surface area contributed by atoms with Gasteiger partial charge in [0.2, 0.25) is 0 Å². The molecule has 0 bridgehead atoms. The Balaban J connectivity index is 0.00000220. The zero-order valence-corrected chi connectivity index (χ0v) is 16.9. The number of fused-ring (bicyclic) bond motifs is 1. The molecule has 2 heterocycles. The molecule has 115 valence electrons. The third-order valence-electron chi connectivity index (χ3n) is 3.02. The molecule has 2 atom stereocenters. The molecule has 2 unspecified atom stereocenters. The first-order chi connectivity index (χ1) is 9.47. The second-order valence-corrected chi connectivity index (χ2v) is 7.27. The van der Waals surface area contributed by atoms with Gasteiger partial charge in [0.1, 0.15) is 6.61 Å². The van der Waals surface area contributed by atoms with Crippen LogP contribution in [-0.4, -0.2) is 95.5 Å². The average Bonchev–Trinajstić information content (AvgIpc) is 2.84. The van der Waals surface area contributed by atoms with E-state index >= 15 is 0 Å². The summed E-state index contributed by atoms with van der Waals surface area (Å²) in [6.45, 7) is 2.75. The van der Waals surface area contributed by atoms with Gasteiger partial charge in [0.05, 0.1) is 11.9 Å². The van der Waals surface area contributed by atoms with Crippen molar-refractivity contribution in [1.29, 1.82) is 0 Å². The van der Waals surface area contributed by atoms with Crippen LogP contribution in [0.15, 0.2) is 10.8 Å². The zero-order valence-electron chi connectivity index (χ0n) is 12.1. The van der Waals surface area contributed by atoms with Crippen molar-refractivity contribution in [2.75, 3.05) is 19.8 Å². The molecule has 6 nitrogen and oxygen atoms in total. The molecule has 0 spiro atoms. The van der Waals surface area contributed by atoms with E-state index in [0.717, 1.165) is 11.5 Å². The molecule has 0 aliphatic carbocycles. The number of rotatable bonds is 7. The summed E-state index contributed by atoms with van der Waals surface area (Å²) in [6.07, 6.45) is 0.796. The molecule has 1 radical (unpaired) electrons. The van der Waals surface area contributed by atoms with Gasteiger partial charge in [0.25, 0.3) is 10.1 Å². The first-order valence-electron chi connectivity index (χ1n) is 6.36. The molecule has 0 amide bonds. The van der Waals surface area contributed by atoms with Crippen molar-refractivity contribution in [3.8, 4) is 11.5 Å². The summed E-state index contributed by atoms with van der Waals surface area (Å²) in [4.78, 5) is 0. The maximum atomic E-state index is 10.8. The fraction of sp³-hybridized carbons (Fsp3) is 0.667. The molecule has 0 fully saturated rings. The van der Waals surface area contributed by atoms with Gasteiger partial charge in [-0.2, -0.15) is 8.42 Å². The second kappa shape index (κ2) is 9.19. The molecule has 2 rings (SSSR count). The van der Waals surface area contributed by atoms with Crippen molar-refractivity contribution >= 4 is 72.8 Å². The summed E-state index contributed by atoms with van der Waals surface area (Å²) in [6, 6.07) is 0. The molecule has 1 aliphatic heterocycles. The van der Waals surface area contributed by atoms with Crippen LogP contribution in [0.4, 0.5) is 0 Å². The van der Waals surface area contributed by atoms with Crippen LogP contribution in [0.2, 0.25) is 0 Å². The van der Waals surface area contributed by atoms with E-state index in [1.54, 1.807) is 0 Å². The standard InChI is InChI=1S/C12H18O6S2.K/c1-9(20(13,14)15)3-2-4-16-5-10-6-17-11-7-19-8-12(11)18-10;/h7-10H,2-6H2,1H3,(H,13,14,15);. The van der Waals surface area contributed by atoms with Gasteiger partial charge in [-0.15, -0.1) is 11.3 Å². The van der Waals surface area contributed by atoms with Crippen LogP contribution < -0.4 is 9.47 Å². The van der Waals surface area contributed by atoms with E-state index < -0.39 is 15.4 Å². The summed E-state index contributed by atoms with van der Waals surface area (Å²) in [7, 11) is -3.94. The van der Waals surface area contributed by atoms with Crippen molar-refractivity contribution in [3.63, 3.8) is 0 Å². The Kier molecular flexibility index (Phi) is 8.69. The van der Waals surface area contributed by atoms with Crippen molar-refractivity contribution in [3.05, 3.63) is 10.8 Å². The van der Waals surface area contributed by atoms with Gasteiger partial charge in [-0.05, 0) is 19.8 Å². The van der Waals surface area contributed by atoms with Gasteiger partial charge in [-0.1, -0.05) is 0 Å². The van der Waals surface area contributed by atoms with E-state index in [0.29, 0.717) is 32.7 Å². The molecule has 0 saturated carbocycles. The Bertz CT molecular complexity index is 530. The van der Waals surface area contributed by atoms with Gasteiger partial charge < -0.3 is 14.2 Å². The molecular formula is C12H18KO6S2. The summed E-state index contributed by atoms with van der Waals surface area (Å²) < 4.78 is 47.1. The Labute approximate surface area is 171 Å². The van der Waals surface area contributed by atoms with Gasteiger partial charge >= 0.3 is 0 Å². The summed E-state index contributed by atoms with van der Waals surface area (Å²) in [5.74, 6) is 1.52. The zero-order chi connectivity index (χ0) is 14.6. The Morgan fingerprint density at radius 2 is 2.19 bits per heavy atom. The minimum atomic E-state index is -3.94. The average molecular weight is 362 g/mol. The number of hydrogen-bond donors (Lipinski definition) is 1. The summed E-state index contributed by atoms with van der Waals surface area (Å²) in [5.41, 5.74) is 0. The van der Waals surface area contributed by atoms with Crippen LogP contribution in [0, 0.1) is 0 Å². The molecular weight excluding hydrogens is 343 g/mol. The van der Waals surface area contributed by atoms with E-state index in [-0.39, 0.29) is 57.5 Å². The summed E-state index contributed by atoms with van der Waals surface area (Å²) in [5, 5.41) is 3.02. The topological polar surface area (TPSA) is 82.1 Å². The minimum Gasteiger partial charge on any atom is -0.485 e. The summed E-state index contributed by atoms with van der Waals surface area (Å²) >= 11 is 1.52. The maximum absolute atomic E-state index is 10.8. The quantitative estimate of drug-likeness (QED) is 0.451. The van der Waals surface area contributed by atoms with E-state index in [9.17, 15) is 8.42 Å².